The van der Waals surface area contributed by atoms with Gasteiger partial charge in [0, 0.05) is 9.75 Å². The van der Waals surface area contributed by atoms with Crippen LogP contribution in [0.25, 0.3) is 0 Å². The Morgan fingerprint density at radius 1 is 1.64 bits per heavy atom. The topological polar surface area (TPSA) is 26.3 Å². The van der Waals surface area contributed by atoms with Crippen molar-refractivity contribution in [2.75, 3.05) is 6.61 Å². The lowest BCUT2D eigenvalue weighted by Crippen LogP contribution is -2.04. The highest BCUT2D eigenvalue weighted by atomic mass is 32.1. The third kappa shape index (κ3) is 1.82. The van der Waals surface area contributed by atoms with E-state index in [1.807, 2.05) is 19.9 Å². The Hall–Kier alpha value is -0.830. The molecular formula is C11H14O2S. The Bertz CT molecular complexity index is 350. The monoisotopic (exact) mass is 210 g/mol. The molecule has 1 heterocycles. The minimum atomic E-state index is -0.173. The first-order valence-electron chi connectivity index (χ1n) is 4.99. The number of hydrogen-bond donors (Lipinski definition) is 0. The Labute approximate surface area is 87.9 Å². The van der Waals surface area contributed by atoms with Crippen LogP contribution in [0.15, 0.2) is 6.07 Å². The van der Waals surface area contributed by atoms with E-state index in [2.05, 4.69) is 0 Å². The molecule has 0 spiro atoms. The van der Waals surface area contributed by atoms with E-state index < -0.39 is 0 Å². The normalized spacial score (nSPS) is 15.6. The molecule has 0 N–H and O–H groups in total. The fourth-order valence-corrected chi connectivity index (χ4v) is 2.67. The van der Waals surface area contributed by atoms with Crippen molar-refractivity contribution in [3.63, 3.8) is 0 Å². The number of thiophene rings is 1. The molecule has 0 aromatic carbocycles. The first kappa shape index (κ1) is 9.71. The summed E-state index contributed by atoms with van der Waals surface area (Å²) in [5.74, 6) is 0.551. The molecule has 0 amide bonds. The summed E-state index contributed by atoms with van der Waals surface area (Å²) in [6.07, 6.45) is 2.56. The lowest BCUT2D eigenvalue weighted by molar-refractivity contribution is 0.0526. The maximum Gasteiger partial charge on any atom is 0.339 e. The predicted octanol–water partition coefficient (Wildman–Crippen LogP) is 3.11. The van der Waals surface area contributed by atoms with Gasteiger partial charge >= 0.3 is 5.97 Å². The number of aryl methyl sites for hydroxylation is 1. The van der Waals surface area contributed by atoms with Crippen LogP contribution in [0.1, 0.15) is 45.8 Å². The van der Waals surface area contributed by atoms with Crippen molar-refractivity contribution in [3.05, 3.63) is 21.4 Å². The number of esters is 1. The zero-order chi connectivity index (χ0) is 10.1. The van der Waals surface area contributed by atoms with Crippen molar-refractivity contribution >= 4 is 17.3 Å². The highest BCUT2D eigenvalue weighted by molar-refractivity contribution is 7.12. The van der Waals surface area contributed by atoms with E-state index in [0.717, 1.165) is 16.4 Å². The van der Waals surface area contributed by atoms with Crippen LogP contribution in [0.5, 0.6) is 0 Å². The van der Waals surface area contributed by atoms with Crippen LogP contribution in [-0.2, 0) is 4.74 Å². The molecule has 14 heavy (non-hydrogen) atoms. The molecule has 0 bridgehead atoms. The maximum atomic E-state index is 11.5. The first-order valence-corrected chi connectivity index (χ1v) is 5.81. The summed E-state index contributed by atoms with van der Waals surface area (Å²) in [5, 5.41) is 0. The summed E-state index contributed by atoms with van der Waals surface area (Å²) in [5.41, 5.74) is 0.763. The van der Waals surface area contributed by atoms with E-state index >= 15 is 0 Å². The van der Waals surface area contributed by atoms with Gasteiger partial charge in [-0.25, -0.2) is 4.79 Å². The van der Waals surface area contributed by atoms with Gasteiger partial charge in [-0.15, -0.1) is 11.3 Å². The molecule has 1 aliphatic carbocycles. The molecule has 0 atom stereocenters. The SMILES string of the molecule is CCOC(=O)c1cc(C2CC2)sc1C. The van der Waals surface area contributed by atoms with Crippen LogP contribution < -0.4 is 0 Å². The zero-order valence-corrected chi connectivity index (χ0v) is 9.32. The Morgan fingerprint density at radius 2 is 2.36 bits per heavy atom. The average Bonchev–Trinajstić information content (AvgIpc) is 2.91. The number of rotatable bonds is 3. The van der Waals surface area contributed by atoms with E-state index in [9.17, 15) is 4.79 Å². The molecule has 0 aliphatic heterocycles. The van der Waals surface area contributed by atoms with Crippen molar-refractivity contribution in [1.82, 2.24) is 0 Å². The summed E-state index contributed by atoms with van der Waals surface area (Å²) in [7, 11) is 0. The molecular weight excluding hydrogens is 196 g/mol. The largest absolute Gasteiger partial charge is 0.462 e. The molecule has 2 nitrogen and oxygen atoms in total. The highest BCUT2D eigenvalue weighted by Crippen LogP contribution is 2.44. The van der Waals surface area contributed by atoms with Gasteiger partial charge in [0.25, 0.3) is 0 Å². The van der Waals surface area contributed by atoms with Crippen molar-refractivity contribution in [2.24, 2.45) is 0 Å². The average molecular weight is 210 g/mol. The third-order valence-electron chi connectivity index (χ3n) is 2.41. The van der Waals surface area contributed by atoms with Gasteiger partial charge in [-0.1, -0.05) is 0 Å². The number of carbonyl (C=O) groups is 1. The number of ether oxygens (including phenoxy) is 1. The molecule has 76 valence electrons. The van der Waals surface area contributed by atoms with Crippen molar-refractivity contribution in [3.8, 4) is 0 Å². The molecule has 1 fully saturated rings. The smallest absolute Gasteiger partial charge is 0.339 e. The van der Waals surface area contributed by atoms with Crippen molar-refractivity contribution < 1.29 is 9.53 Å². The van der Waals surface area contributed by atoms with Crippen LogP contribution >= 0.6 is 11.3 Å². The first-order chi connectivity index (χ1) is 6.72. The molecule has 0 radical (unpaired) electrons. The van der Waals surface area contributed by atoms with Gasteiger partial charge in [0.1, 0.15) is 0 Å². The summed E-state index contributed by atoms with van der Waals surface area (Å²) in [6, 6.07) is 2.01. The lowest BCUT2D eigenvalue weighted by atomic mass is 10.2. The molecule has 0 unspecified atom stereocenters. The van der Waals surface area contributed by atoms with Crippen LogP contribution in [0.4, 0.5) is 0 Å². The molecule has 1 aromatic rings. The molecule has 0 saturated heterocycles. The zero-order valence-electron chi connectivity index (χ0n) is 8.50. The highest BCUT2D eigenvalue weighted by Gasteiger charge is 2.27. The fraction of sp³-hybridized carbons (Fsp3) is 0.545. The summed E-state index contributed by atoms with van der Waals surface area (Å²) in [6.45, 7) is 4.27. The number of hydrogen-bond acceptors (Lipinski definition) is 3. The van der Waals surface area contributed by atoms with E-state index in [0.29, 0.717) is 6.61 Å². The minimum Gasteiger partial charge on any atom is -0.462 e. The van der Waals surface area contributed by atoms with Gasteiger partial charge in [0.05, 0.1) is 12.2 Å². The molecule has 1 saturated carbocycles. The fourth-order valence-electron chi connectivity index (χ4n) is 1.49. The molecule has 3 heteroatoms. The van der Waals surface area contributed by atoms with E-state index in [1.54, 1.807) is 11.3 Å². The molecule has 1 aliphatic rings. The maximum absolute atomic E-state index is 11.5. The Balaban J connectivity index is 2.19. The minimum absolute atomic E-state index is 0.173. The van der Waals surface area contributed by atoms with Crippen LogP contribution in [0.3, 0.4) is 0 Å². The summed E-state index contributed by atoms with van der Waals surface area (Å²) < 4.78 is 4.99. The van der Waals surface area contributed by atoms with Gasteiger partial charge in [-0.2, -0.15) is 0 Å². The van der Waals surface area contributed by atoms with E-state index in [1.165, 1.54) is 17.7 Å². The van der Waals surface area contributed by atoms with Crippen LogP contribution in [0, 0.1) is 6.92 Å². The number of carbonyl (C=O) groups excluding carboxylic acids is 1. The quantitative estimate of drug-likeness (QED) is 0.716. The lowest BCUT2D eigenvalue weighted by Gasteiger charge is -1.98. The second kappa shape index (κ2) is 3.73. The molecule has 1 aromatic heterocycles. The summed E-state index contributed by atoms with van der Waals surface area (Å²) >= 11 is 1.74. The summed E-state index contributed by atoms with van der Waals surface area (Å²) in [4.78, 5) is 13.9. The second-order valence-corrected chi connectivity index (χ2v) is 4.90. The van der Waals surface area contributed by atoms with Crippen molar-refractivity contribution in [1.29, 1.82) is 0 Å². The second-order valence-electron chi connectivity index (χ2n) is 3.61. The van der Waals surface area contributed by atoms with E-state index in [4.69, 9.17) is 4.74 Å². The van der Waals surface area contributed by atoms with E-state index in [-0.39, 0.29) is 5.97 Å². The molecule has 2 rings (SSSR count). The Kier molecular flexibility index (Phi) is 2.59. The standard InChI is InChI=1S/C11H14O2S/c1-3-13-11(12)9-6-10(8-4-5-8)14-7(9)2/h6,8H,3-5H2,1-2H3. The van der Waals surface area contributed by atoms with Gasteiger partial charge < -0.3 is 4.74 Å². The Morgan fingerprint density at radius 3 is 2.93 bits per heavy atom. The van der Waals surface area contributed by atoms with Crippen LogP contribution in [0.2, 0.25) is 0 Å². The van der Waals surface area contributed by atoms with Crippen LogP contribution in [-0.4, -0.2) is 12.6 Å². The third-order valence-corrected chi connectivity index (χ3v) is 3.62. The van der Waals surface area contributed by atoms with Gasteiger partial charge in [0.2, 0.25) is 0 Å². The van der Waals surface area contributed by atoms with Crippen molar-refractivity contribution in [2.45, 2.75) is 32.6 Å². The van der Waals surface area contributed by atoms with Gasteiger partial charge in [-0.3, -0.25) is 0 Å². The van der Waals surface area contributed by atoms with Gasteiger partial charge in [-0.05, 0) is 38.7 Å². The van der Waals surface area contributed by atoms with Gasteiger partial charge in [0.15, 0.2) is 0 Å². The predicted molar refractivity (Wildman–Crippen MR) is 57.0 cm³/mol.